The van der Waals surface area contributed by atoms with Crippen molar-refractivity contribution in [3.8, 4) is 11.1 Å². The summed E-state index contributed by atoms with van der Waals surface area (Å²) in [5, 5.41) is 16.5. The van der Waals surface area contributed by atoms with Crippen molar-refractivity contribution in [1.29, 1.82) is 0 Å². The minimum absolute atomic E-state index is 0.0359. The summed E-state index contributed by atoms with van der Waals surface area (Å²) in [6, 6.07) is 12.9. The fraction of sp³-hybridized carbons (Fsp3) is 0.379. The molecule has 2 fully saturated rings. The van der Waals surface area contributed by atoms with E-state index in [4.69, 9.17) is 16.7 Å². The predicted molar refractivity (Wildman–Crippen MR) is 151 cm³/mol. The molecule has 38 heavy (non-hydrogen) atoms. The number of aliphatic hydroxyl groups excluding tert-OH is 1. The molecule has 0 atom stereocenters. The first kappa shape index (κ1) is 26.6. The van der Waals surface area contributed by atoms with Crippen LogP contribution in [0.15, 0.2) is 54.9 Å². The molecular formula is C29H34ClFN6O. The molecule has 0 bridgehead atoms. The van der Waals surface area contributed by atoms with E-state index < -0.39 is 5.82 Å². The van der Waals surface area contributed by atoms with Gasteiger partial charge in [-0.3, -0.25) is 4.90 Å². The third kappa shape index (κ3) is 7.08. The zero-order valence-electron chi connectivity index (χ0n) is 21.4. The molecule has 200 valence electrons. The molecule has 2 aliphatic rings. The maximum Gasteiger partial charge on any atom is 0.229 e. The number of rotatable bonds is 5. The topological polar surface area (TPSA) is 89.1 Å². The SMILES string of the molecule is Fc1cc(Cl)cc(Nc2ncc3c(-c4ccc(CN5CCNCC5)cc4)c[nH]c3n2)c1.OC1CCCCC1. The van der Waals surface area contributed by atoms with Gasteiger partial charge in [-0.25, -0.2) is 9.37 Å². The smallest absolute Gasteiger partial charge is 0.229 e. The lowest BCUT2D eigenvalue weighted by Gasteiger charge is -2.27. The monoisotopic (exact) mass is 536 g/mol. The fourth-order valence-electron chi connectivity index (χ4n) is 4.96. The number of piperazine rings is 1. The van der Waals surface area contributed by atoms with Gasteiger partial charge < -0.3 is 20.7 Å². The second-order valence-electron chi connectivity index (χ2n) is 9.96. The largest absolute Gasteiger partial charge is 0.393 e. The molecular weight excluding hydrogens is 503 g/mol. The van der Waals surface area contributed by atoms with Crippen LogP contribution in [0.3, 0.4) is 0 Å². The van der Waals surface area contributed by atoms with Crippen molar-refractivity contribution in [2.45, 2.75) is 44.8 Å². The number of nitrogens with zero attached hydrogens (tertiary/aromatic N) is 3. The van der Waals surface area contributed by atoms with Crippen LogP contribution in [0, 0.1) is 5.82 Å². The molecule has 0 radical (unpaired) electrons. The Kier molecular flexibility index (Phi) is 8.86. The molecule has 0 spiro atoms. The van der Waals surface area contributed by atoms with E-state index in [9.17, 15) is 4.39 Å². The summed E-state index contributed by atoms with van der Waals surface area (Å²) < 4.78 is 13.6. The van der Waals surface area contributed by atoms with Gasteiger partial charge >= 0.3 is 0 Å². The van der Waals surface area contributed by atoms with Gasteiger partial charge in [0.25, 0.3) is 0 Å². The number of hydrogen-bond donors (Lipinski definition) is 4. The first-order chi connectivity index (χ1) is 18.5. The Morgan fingerprint density at radius 2 is 1.82 bits per heavy atom. The van der Waals surface area contributed by atoms with Gasteiger partial charge in [0, 0.05) is 66.8 Å². The lowest BCUT2D eigenvalue weighted by molar-refractivity contribution is 0.130. The van der Waals surface area contributed by atoms with Gasteiger partial charge in [0.2, 0.25) is 5.95 Å². The van der Waals surface area contributed by atoms with Gasteiger partial charge in [0.15, 0.2) is 0 Å². The first-order valence-electron chi connectivity index (χ1n) is 13.3. The van der Waals surface area contributed by atoms with Crippen molar-refractivity contribution in [3.63, 3.8) is 0 Å². The number of nitrogens with one attached hydrogen (secondary N) is 3. The zero-order chi connectivity index (χ0) is 26.3. The minimum atomic E-state index is -0.418. The van der Waals surface area contributed by atoms with Crippen LogP contribution in [-0.2, 0) is 6.54 Å². The van der Waals surface area contributed by atoms with E-state index in [1.807, 2.05) is 6.20 Å². The zero-order valence-corrected chi connectivity index (χ0v) is 22.1. The van der Waals surface area contributed by atoms with Gasteiger partial charge in [0.05, 0.1) is 6.10 Å². The van der Waals surface area contributed by atoms with Crippen molar-refractivity contribution in [3.05, 3.63) is 71.3 Å². The number of aliphatic hydroxyl groups is 1. The first-order valence-corrected chi connectivity index (χ1v) is 13.7. The molecule has 0 unspecified atom stereocenters. The van der Waals surface area contributed by atoms with Crippen molar-refractivity contribution in [2.75, 3.05) is 31.5 Å². The molecule has 3 heterocycles. The molecule has 4 aromatic rings. The molecule has 4 N–H and O–H groups in total. The molecule has 7 nitrogen and oxygen atoms in total. The van der Waals surface area contributed by atoms with E-state index in [1.54, 1.807) is 12.3 Å². The second-order valence-corrected chi connectivity index (χ2v) is 10.4. The number of halogens is 2. The van der Waals surface area contributed by atoms with Crippen molar-refractivity contribution >= 4 is 34.3 Å². The molecule has 2 aromatic heterocycles. The van der Waals surface area contributed by atoms with E-state index in [2.05, 4.69) is 54.8 Å². The number of anilines is 2. The summed E-state index contributed by atoms with van der Waals surface area (Å²) in [5.74, 6) is -0.0485. The molecule has 1 saturated heterocycles. The Hall–Kier alpha value is -3.04. The molecule has 9 heteroatoms. The van der Waals surface area contributed by atoms with Crippen molar-refractivity contribution < 1.29 is 9.50 Å². The summed E-state index contributed by atoms with van der Waals surface area (Å²) in [5.41, 5.74) is 4.67. The normalized spacial score (nSPS) is 16.7. The van der Waals surface area contributed by atoms with Crippen LogP contribution in [-0.4, -0.2) is 57.2 Å². The van der Waals surface area contributed by atoms with Crippen LogP contribution in [0.4, 0.5) is 16.0 Å². The maximum atomic E-state index is 13.6. The molecule has 1 aliphatic carbocycles. The highest BCUT2D eigenvalue weighted by Gasteiger charge is 2.12. The highest BCUT2D eigenvalue weighted by molar-refractivity contribution is 6.30. The predicted octanol–water partition coefficient (Wildman–Crippen LogP) is 5.88. The van der Waals surface area contributed by atoms with E-state index in [0.717, 1.165) is 62.1 Å². The number of benzene rings is 2. The Morgan fingerprint density at radius 3 is 2.50 bits per heavy atom. The summed E-state index contributed by atoms with van der Waals surface area (Å²) in [6.45, 7) is 5.24. The fourth-order valence-corrected chi connectivity index (χ4v) is 5.18. The van der Waals surface area contributed by atoms with Gasteiger partial charge in [0.1, 0.15) is 11.5 Å². The summed E-state index contributed by atoms with van der Waals surface area (Å²) >= 11 is 5.92. The highest BCUT2D eigenvalue weighted by Crippen LogP contribution is 2.29. The van der Waals surface area contributed by atoms with E-state index in [-0.39, 0.29) is 6.10 Å². The molecule has 1 aliphatic heterocycles. The quantitative estimate of drug-likeness (QED) is 0.255. The number of aromatic nitrogens is 3. The third-order valence-corrected chi connectivity index (χ3v) is 7.22. The van der Waals surface area contributed by atoms with Gasteiger partial charge in [-0.2, -0.15) is 4.98 Å². The van der Waals surface area contributed by atoms with E-state index in [1.165, 1.54) is 37.0 Å². The van der Waals surface area contributed by atoms with Crippen LogP contribution in [0.2, 0.25) is 5.02 Å². The van der Waals surface area contributed by atoms with Crippen LogP contribution >= 0.6 is 11.6 Å². The van der Waals surface area contributed by atoms with Crippen LogP contribution in [0.1, 0.15) is 37.7 Å². The van der Waals surface area contributed by atoms with Crippen LogP contribution in [0.5, 0.6) is 0 Å². The Balaban J connectivity index is 0.000000366. The van der Waals surface area contributed by atoms with E-state index in [0.29, 0.717) is 22.3 Å². The Labute approximate surface area is 227 Å². The lowest BCUT2D eigenvalue weighted by atomic mass is 9.98. The number of aromatic amines is 1. The maximum absolute atomic E-state index is 13.6. The number of fused-ring (bicyclic) bond motifs is 1. The van der Waals surface area contributed by atoms with Crippen LogP contribution < -0.4 is 10.6 Å². The van der Waals surface area contributed by atoms with Gasteiger partial charge in [-0.05, 0) is 42.2 Å². The molecule has 6 rings (SSSR count). The second kappa shape index (κ2) is 12.7. The highest BCUT2D eigenvalue weighted by atomic mass is 35.5. The van der Waals surface area contributed by atoms with Crippen molar-refractivity contribution in [2.24, 2.45) is 0 Å². The lowest BCUT2D eigenvalue weighted by Crippen LogP contribution is -2.42. The molecule has 2 aromatic carbocycles. The van der Waals surface area contributed by atoms with Crippen LogP contribution in [0.25, 0.3) is 22.2 Å². The van der Waals surface area contributed by atoms with Crippen molar-refractivity contribution in [1.82, 2.24) is 25.2 Å². The van der Waals surface area contributed by atoms with Gasteiger partial charge in [-0.15, -0.1) is 0 Å². The van der Waals surface area contributed by atoms with Gasteiger partial charge in [-0.1, -0.05) is 55.1 Å². The summed E-state index contributed by atoms with van der Waals surface area (Å²) in [7, 11) is 0. The Morgan fingerprint density at radius 1 is 1.05 bits per heavy atom. The standard InChI is InChI=1S/C23H22ClFN6.C6H12O/c24-17-9-18(25)11-19(10-17)29-23-28-13-21-20(12-27-22(21)30-23)16-3-1-15(2-4-16)14-31-7-5-26-6-8-31;7-6-4-2-1-3-5-6/h1-4,9-13,26H,5-8,14H2,(H2,27,28,29,30);6-7H,1-5H2. The molecule has 1 saturated carbocycles. The number of H-pyrrole nitrogens is 1. The summed E-state index contributed by atoms with van der Waals surface area (Å²) in [4.78, 5) is 14.6. The number of hydrogen-bond acceptors (Lipinski definition) is 6. The average molecular weight is 537 g/mol. The molecule has 0 amide bonds. The summed E-state index contributed by atoms with van der Waals surface area (Å²) in [6.07, 6.45) is 9.63. The average Bonchev–Trinajstić information content (AvgIpc) is 3.33. The third-order valence-electron chi connectivity index (χ3n) is 7.01. The minimum Gasteiger partial charge on any atom is -0.393 e. The Bertz CT molecular complexity index is 1310. The van der Waals surface area contributed by atoms with E-state index >= 15 is 0 Å².